The molecule has 0 radical (unpaired) electrons. The van der Waals surface area contributed by atoms with E-state index in [4.69, 9.17) is 5.73 Å². The molecule has 1 aromatic heterocycles. The van der Waals surface area contributed by atoms with Gasteiger partial charge in [0.1, 0.15) is 5.82 Å². The Kier molecular flexibility index (Phi) is 3.84. The van der Waals surface area contributed by atoms with E-state index in [9.17, 15) is 0 Å². The van der Waals surface area contributed by atoms with Crippen molar-refractivity contribution in [1.29, 1.82) is 0 Å². The Hall–Kier alpha value is -0.670. The summed E-state index contributed by atoms with van der Waals surface area (Å²) in [5.74, 6) is 0.862. The highest BCUT2D eigenvalue weighted by molar-refractivity contribution is 5.85. The summed E-state index contributed by atoms with van der Waals surface area (Å²) >= 11 is 0. The fraction of sp³-hybridized carbons (Fsp3) is 0.600. The molecule has 1 heterocycles. The smallest absolute Gasteiger partial charge is 0.125 e. The first kappa shape index (κ1) is 11.4. The summed E-state index contributed by atoms with van der Waals surface area (Å²) in [6, 6.07) is 0. The third-order valence-corrected chi connectivity index (χ3v) is 2.57. The van der Waals surface area contributed by atoms with Gasteiger partial charge >= 0.3 is 0 Å². The summed E-state index contributed by atoms with van der Waals surface area (Å²) in [5.41, 5.74) is 9.26. The van der Waals surface area contributed by atoms with Gasteiger partial charge in [0.2, 0.25) is 0 Å². The molecule has 0 atom stereocenters. The number of rotatable bonds is 1. The largest absolute Gasteiger partial charge is 0.325 e. The second kappa shape index (κ2) is 4.71. The van der Waals surface area contributed by atoms with Crippen LogP contribution < -0.4 is 5.73 Å². The molecular weight excluding hydrogens is 198 g/mol. The van der Waals surface area contributed by atoms with Crippen molar-refractivity contribution in [2.75, 3.05) is 0 Å². The zero-order valence-electron chi connectivity index (χ0n) is 8.42. The molecule has 0 aliphatic heterocycles. The van der Waals surface area contributed by atoms with Gasteiger partial charge in [-0.25, -0.2) is 9.97 Å². The Balaban J connectivity index is 0.000000980. The van der Waals surface area contributed by atoms with E-state index in [2.05, 4.69) is 9.97 Å². The SMILES string of the molecule is Cc1nc(CN)c2c(n1)CCCC2.Cl. The van der Waals surface area contributed by atoms with Gasteiger partial charge in [-0.15, -0.1) is 12.4 Å². The molecule has 3 nitrogen and oxygen atoms in total. The summed E-state index contributed by atoms with van der Waals surface area (Å²) in [6.45, 7) is 2.49. The fourth-order valence-corrected chi connectivity index (χ4v) is 1.98. The summed E-state index contributed by atoms with van der Waals surface area (Å²) < 4.78 is 0. The van der Waals surface area contributed by atoms with Gasteiger partial charge in [-0.05, 0) is 38.2 Å². The molecule has 0 saturated heterocycles. The number of fused-ring (bicyclic) bond motifs is 1. The normalized spacial score (nSPS) is 14.4. The Morgan fingerprint density at radius 3 is 2.64 bits per heavy atom. The van der Waals surface area contributed by atoms with Crippen LogP contribution in [-0.2, 0) is 19.4 Å². The molecule has 0 aromatic carbocycles. The minimum absolute atomic E-state index is 0. The maximum absolute atomic E-state index is 5.65. The lowest BCUT2D eigenvalue weighted by molar-refractivity contribution is 0.646. The van der Waals surface area contributed by atoms with E-state index in [1.54, 1.807) is 0 Å². The van der Waals surface area contributed by atoms with Gasteiger partial charge in [-0.3, -0.25) is 0 Å². The van der Waals surface area contributed by atoms with Gasteiger partial charge < -0.3 is 5.73 Å². The van der Waals surface area contributed by atoms with E-state index < -0.39 is 0 Å². The van der Waals surface area contributed by atoms with Crippen LogP contribution in [0.1, 0.15) is 35.6 Å². The monoisotopic (exact) mass is 213 g/mol. The van der Waals surface area contributed by atoms with E-state index in [1.807, 2.05) is 6.92 Å². The van der Waals surface area contributed by atoms with Crippen LogP contribution in [0.4, 0.5) is 0 Å². The van der Waals surface area contributed by atoms with Crippen LogP contribution in [0.15, 0.2) is 0 Å². The lowest BCUT2D eigenvalue weighted by Crippen LogP contribution is -2.14. The molecule has 1 aromatic rings. The molecule has 0 unspecified atom stereocenters. The van der Waals surface area contributed by atoms with Crippen LogP contribution in [0.25, 0.3) is 0 Å². The van der Waals surface area contributed by atoms with E-state index in [-0.39, 0.29) is 12.4 Å². The van der Waals surface area contributed by atoms with E-state index in [0.29, 0.717) is 6.54 Å². The predicted molar refractivity (Wildman–Crippen MR) is 58.6 cm³/mol. The molecule has 1 aliphatic rings. The predicted octanol–water partition coefficient (Wildman–Crippen LogP) is 1.54. The van der Waals surface area contributed by atoms with Crippen LogP contribution in [0.2, 0.25) is 0 Å². The third-order valence-electron chi connectivity index (χ3n) is 2.57. The Bertz CT molecular complexity index is 308. The lowest BCUT2D eigenvalue weighted by atomic mass is 9.94. The quantitative estimate of drug-likeness (QED) is 0.770. The summed E-state index contributed by atoms with van der Waals surface area (Å²) in [6.07, 6.45) is 4.73. The lowest BCUT2D eigenvalue weighted by Gasteiger charge is -2.17. The van der Waals surface area contributed by atoms with Crippen molar-refractivity contribution < 1.29 is 0 Å². The van der Waals surface area contributed by atoms with Gasteiger partial charge in [-0.1, -0.05) is 0 Å². The van der Waals surface area contributed by atoms with Gasteiger partial charge in [0.15, 0.2) is 0 Å². The number of aryl methyl sites for hydroxylation is 2. The zero-order chi connectivity index (χ0) is 9.26. The first-order valence-corrected chi connectivity index (χ1v) is 4.86. The first-order valence-electron chi connectivity index (χ1n) is 4.86. The summed E-state index contributed by atoms with van der Waals surface area (Å²) in [4.78, 5) is 8.82. The first-order chi connectivity index (χ1) is 6.31. The standard InChI is InChI=1S/C10H15N3.ClH/c1-7-12-9-5-3-2-4-8(9)10(6-11)13-7;/h2-6,11H2,1H3;1H. The second-order valence-electron chi connectivity index (χ2n) is 3.55. The molecule has 14 heavy (non-hydrogen) atoms. The number of aromatic nitrogens is 2. The van der Waals surface area contributed by atoms with Gasteiger partial charge in [0.25, 0.3) is 0 Å². The van der Waals surface area contributed by atoms with Gasteiger partial charge in [0, 0.05) is 12.2 Å². The van der Waals surface area contributed by atoms with Crippen LogP contribution in [0.5, 0.6) is 0 Å². The van der Waals surface area contributed by atoms with E-state index in [0.717, 1.165) is 24.4 Å². The number of nitrogens with two attached hydrogens (primary N) is 1. The van der Waals surface area contributed by atoms with Crippen molar-refractivity contribution in [3.05, 3.63) is 22.8 Å². The number of halogens is 1. The average molecular weight is 214 g/mol. The highest BCUT2D eigenvalue weighted by Crippen LogP contribution is 2.21. The highest BCUT2D eigenvalue weighted by Gasteiger charge is 2.15. The molecule has 2 N–H and O–H groups in total. The Morgan fingerprint density at radius 1 is 1.21 bits per heavy atom. The number of hydrogen-bond acceptors (Lipinski definition) is 3. The zero-order valence-corrected chi connectivity index (χ0v) is 9.23. The maximum atomic E-state index is 5.65. The average Bonchev–Trinajstić information content (AvgIpc) is 2.16. The molecular formula is C10H16ClN3. The molecule has 1 aliphatic carbocycles. The minimum atomic E-state index is 0. The molecule has 0 spiro atoms. The number of nitrogens with zero attached hydrogens (tertiary/aromatic N) is 2. The van der Waals surface area contributed by atoms with Crippen molar-refractivity contribution in [2.24, 2.45) is 5.73 Å². The topological polar surface area (TPSA) is 51.8 Å². The fourth-order valence-electron chi connectivity index (χ4n) is 1.98. The van der Waals surface area contributed by atoms with Crippen molar-refractivity contribution >= 4 is 12.4 Å². The van der Waals surface area contributed by atoms with E-state index >= 15 is 0 Å². The van der Waals surface area contributed by atoms with Gasteiger partial charge in [0.05, 0.1) is 5.69 Å². The molecule has 0 amide bonds. The third kappa shape index (κ3) is 2.04. The molecule has 2 rings (SSSR count). The van der Waals surface area contributed by atoms with Crippen LogP contribution in [0.3, 0.4) is 0 Å². The molecule has 4 heteroatoms. The summed E-state index contributed by atoms with van der Waals surface area (Å²) in [7, 11) is 0. The molecule has 0 fully saturated rings. The van der Waals surface area contributed by atoms with Crippen molar-refractivity contribution in [3.8, 4) is 0 Å². The van der Waals surface area contributed by atoms with Crippen LogP contribution in [0, 0.1) is 6.92 Å². The summed E-state index contributed by atoms with van der Waals surface area (Å²) in [5, 5.41) is 0. The van der Waals surface area contributed by atoms with Gasteiger partial charge in [-0.2, -0.15) is 0 Å². The van der Waals surface area contributed by atoms with Crippen molar-refractivity contribution in [1.82, 2.24) is 9.97 Å². The maximum Gasteiger partial charge on any atom is 0.125 e. The molecule has 78 valence electrons. The molecule has 0 bridgehead atoms. The van der Waals surface area contributed by atoms with E-state index in [1.165, 1.54) is 24.1 Å². The van der Waals surface area contributed by atoms with Crippen molar-refractivity contribution in [3.63, 3.8) is 0 Å². The Labute approximate surface area is 90.5 Å². The minimum Gasteiger partial charge on any atom is -0.325 e. The molecule has 0 saturated carbocycles. The Morgan fingerprint density at radius 2 is 1.93 bits per heavy atom. The van der Waals surface area contributed by atoms with Crippen LogP contribution >= 0.6 is 12.4 Å². The number of hydrogen-bond donors (Lipinski definition) is 1. The van der Waals surface area contributed by atoms with Crippen molar-refractivity contribution in [2.45, 2.75) is 39.2 Å². The van der Waals surface area contributed by atoms with Crippen LogP contribution in [-0.4, -0.2) is 9.97 Å². The highest BCUT2D eigenvalue weighted by atomic mass is 35.5. The second-order valence-corrected chi connectivity index (χ2v) is 3.55.